The van der Waals surface area contributed by atoms with Gasteiger partial charge in [0.25, 0.3) is 0 Å². The Morgan fingerprint density at radius 1 is 1.39 bits per heavy atom. The zero-order valence-electron chi connectivity index (χ0n) is 10.00. The molecule has 5 nitrogen and oxygen atoms in total. The number of aromatic hydroxyl groups is 1. The summed E-state index contributed by atoms with van der Waals surface area (Å²) in [5, 5.41) is 18.9. The van der Waals surface area contributed by atoms with Crippen molar-refractivity contribution in [2.75, 3.05) is 20.1 Å². The normalized spacial score (nSPS) is 15.7. The molecule has 0 bridgehead atoms. The second-order valence-electron chi connectivity index (χ2n) is 4.04. The minimum atomic E-state index is -1.06. The Bertz CT molecular complexity index is 535. The molecule has 0 radical (unpaired) electrons. The third-order valence-electron chi connectivity index (χ3n) is 2.80. The first-order chi connectivity index (χ1) is 8.59. The molecule has 1 aliphatic rings. The van der Waals surface area contributed by atoms with Crippen LogP contribution in [0.4, 0.5) is 0 Å². The van der Waals surface area contributed by atoms with E-state index in [0.29, 0.717) is 24.4 Å². The quantitative estimate of drug-likeness (QED) is 0.822. The number of aliphatic imine (C=N–C) groups is 1. The molecule has 18 heavy (non-hydrogen) atoms. The lowest BCUT2D eigenvalue weighted by Crippen LogP contribution is -2.19. The molecule has 0 saturated heterocycles. The number of likely N-dealkylation sites (N-methyl/N-ethyl adjacent to an activating group) is 1. The van der Waals surface area contributed by atoms with Gasteiger partial charge in [-0.25, -0.2) is 4.79 Å². The van der Waals surface area contributed by atoms with Gasteiger partial charge >= 0.3 is 5.97 Å². The minimum absolute atomic E-state index is 0.0117. The number of rotatable bonds is 2. The van der Waals surface area contributed by atoms with Crippen molar-refractivity contribution in [3.63, 3.8) is 0 Å². The Morgan fingerprint density at radius 3 is 2.78 bits per heavy atom. The smallest absolute Gasteiger partial charge is 0.354 e. The predicted octanol–water partition coefficient (Wildman–Crippen LogP) is 1.20. The van der Waals surface area contributed by atoms with Crippen LogP contribution >= 0.6 is 0 Å². The average Bonchev–Trinajstić information content (AvgIpc) is 2.52. The summed E-state index contributed by atoms with van der Waals surface area (Å²) in [5.74, 6) is -0.930. The van der Waals surface area contributed by atoms with Crippen LogP contribution in [0.2, 0.25) is 0 Å². The molecule has 0 spiro atoms. The van der Waals surface area contributed by atoms with Crippen LogP contribution in [0, 0.1) is 0 Å². The summed E-state index contributed by atoms with van der Waals surface area (Å²) in [7, 11) is 1.85. The summed E-state index contributed by atoms with van der Waals surface area (Å²) in [4.78, 5) is 16.9. The van der Waals surface area contributed by atoms with E-state index < -0.39 is 5.97 Å². The van der Waals surface area contributed by atoms with Crippen LogP contribution < -0.4 is 0 Å². The fraction of sp³-hybridized carbons (Fsp3) is 0.231. The maximum absolute atomic E-state index is 11.0. The third-order valence-corrected chi connectivity index (χ3v) is 2.80. The zero-order chi connectivity index (χ0) is 13.1. The van der Waals surface area contributed by atoms with E-state index in [0.717, 1.165) is 0 Å². The number of carbonyl (C=O) groups is 1. The highest BCUT2D eigenvalue weighted by atomic mass is 16.4. The zero-order valence-corrected chi connectivity index (χ0v) is 10.00. The number of nitrogens with zero attached hydrogens (tertiary/aromatic N) is 2. The first-order valence-corrected chi connectivity index (χ1v) is 5.58. The first kappa shape index (κ1) is 12.2. The summed E-state index contributed by atoms with van der Waals surface area (Å²) in [6.45, 7) is 1.03. The number of para-hydroxylation sites is 1. The van der Waals surface area contributed by atoms with Crippen LogP contribution in [0.25, 0.3) is 5.70 Å². The molecule has 2 N–H and O–H groups in total. The van der Waals surface area contributed by atoms with Gasteiger partial charge in [-0.2, -0.15) is 0 Å². The highest BCUT2D eigenvalue weighted by molar-refractivity contribution is 6.41. The SMILES string of the molecule is CN1CCN=C(C(=O)O)C=C1c1ccccc1O. The minimum Gasteiger partial charge on any atom is -0.507 e. The molecule has 94 valence electrons. The van der Waals surface area contributed by atoms with Gasteiger partial charge in [0.15, 0.2) is 0 Å². The van der Waals surface area contributed by atoms with Gasteiger partial charge in [-0.3, -0.25) is 4.99 Å². The lowest BCUT2D eigenvalue weighted by atomic mass is 10.1. The van der Waals surface area contributed by atoms with Crippen molar-refractivity contribution in [2.24, 2.45) is 4.99 Å². The summed E-state index contributed by atoms with van der Waals surface area (Å²) >= 11 is 0. The number of hydrogen-bond donors (Lipinski definition) is 2. The van der Waals surface area contributed by atoms with E-state index in [4.69, 9.17) is 5.11 Å². The van der Waals surface area contributed by atoms with E-state index in [9.17, 15) is 9.90 Å². The fourth-order valence-corrected chi connectivity index (χ4v) is 1.83. The summed E-state index contributed by atoms with van der Waals surface area (Å²) < 4.78 is 0. The van der Waals surface area contributed by atoms with Crippen LogP contribution in [0.15, 0.2) is 35.3 Å². The molecule has 1 heterocycles. The molecule has 0 amide bonds. The van der Waals surface area contributed by atoms with Crippen LogP contribution in [-0.2, 0) is 4.79 Å². The molecule has 2 rings (SSSR count). The lowest BCUT2D eigenvalue weighted by molar-refractivity contribution is -0.129. The van der Waals surface area contributed by atoms with Gasteiger partial charge in [0.2, 0.25) is 0 Å². The monoisotopic (exact) mass is 246 g/mol. The van der Waals surface area contributed by atoms with E-state index in [1.807, 2.05) is 11.9 Å². The number of hydrogen-bond acceptors (Lipinski definition) is 4. The highest BCUT2D eigenvalue weighted by Crippen LogP contribution is 2.27. The van der Waals surface area contributed by atoms with E-state index >= 15 is 0 Å². The Morgan fingerprint density at radius 2 is 2.11 bits per heavy atom. The van der Waals surface area contributed by atoms with Crippen molar-refractivity contribution in [2.45, 2.75) is 0 Å². The van der Waals surface area contributed by atoms with Crippen molar-refractivity contribution in [1.82, 2.24) is 4.90 Å². The van der Waals surface area contributed by atoms with Gasteiger partial charge in [-0.15, -0.1) is 0 Å². The van der Waals surface area contributed by atoms with Gasteiger partial charge < -0.3 is 15.1 Å². The molecule has 0 atom stereocenters. The standard InChI is InChI=1S/C13H14N2O3/c1-15-7-6-14-10(13(17)18)8-11(15)9-4-2-3-5-12(9)16/h2-5,8,16H,6-7H2,1H3,(H,17,18). The Hall–Kier alpha value is -2.30. The van der Waals surface area contributed by atoms with E-state index in [1.165, 1.54) is 6.08 Å². The molecule has 0 unspecified atom stereocenters. The molecule has 5 heteroatoms. The van der Waals surface area contributed by atoms with Crippen LogP contribution in [0.1, 0.15) is 5.56 Å². The van der Waals surface area contributed by atoms with E-state index in [1.54, 1.807) is 24.3 Å². The van der Waals surface area contributed by atoms with Gasteiger partial charge in [0, 0.05) is 24.9 Å². The third kappa shape index (κ3) is 2.34. The Labute approximate surface area is 105 Å². The molecule has 0 aromatic heterocycles. The maximum Gasteiger partial charge on any atom is 0.354 e. The number of carboxylic acid groups (broad SMARTS) is 1. The van der Waals surface area contributed by atoms with Crippen molar-refractivity contribution in [3.05, 3.63) is 35.9 Å². The molecule has 1 aliphatic heterocycles. The number of carboxylic acids is 1. The van der Waals surface area contributed by atoms with E-state index in [-0.39, 0.29) is 11.5 Å². The van der Waals surface area contributed by atoms with Gasteiger partial charge in [-0.1, -0.05) is 12.1 Å². The topological polar surface area (TPSA) is 73.1 Å². The number of benzene rings is 1. The number of phenols is 1. The second-order valence-corrected chi connectivity index (χ2v) is 4.04. The maximum atomic E-state index is 11.0. The van der Waals surface area contributed by atoms with E-state index in [2.05, 4.69) is 4.99 Å². The van der Waals surface area contributed by atoms with Crippen molar-refractivity contribution < 1.29 is 15.0 Å². The first-order valence-electron chi connectivity index (χ1n) is 5.58. The molecular formula is C13H14N2O3. The summed E-state index contributed by atoms with van der Waals surface area (Å²) in [5.41, 5.74) is 1.28. The molecule has 1 aromatic rings. The highest BCUT2D eigenvalue weighted by Gasteiger charge is 2.17. The van der Waals surface area contributed by atoms with Crippen molar-refractivity contribution in [3.8, 4) is 5.75 Å². The predicted molar refractivity (Wildman–Crippen MR) is 68.7 cm³/mol. The summed E-state index contributed by atoms with van der Waals surface area (Å²) in [6.07, 6.45) is 1.49. The largest absolute Gasteiger partial charge is 0.507 e. The Balaban J connectivity index is 2.49. The Kier molecular flexibility index (Phi) is 3.32. The number of phenolic OH excluding ortho intramolecular Hbond substituents is 1. The van der Waals surface area contributed by atoms with Crippen molar-refractivity contribution in [1.29, 1.82) is 0 Å². The average molecular weight is 246 g/mol. The van der Waals surface area contributed by atoms with Crippen LogP contribution in [0.5, 0.6) is 5.75 Å². The summed E-state index contributed by atoms with van der Waals surface area (Å²) in [6, 6.07) is 6.85. The second kappa shape index (κ2) is 4.91. The van der Waals surface area contributed by atoms with Gasteiger partial charge in [-0.05, 0) is 18.2 Å². The van der Waals surface area contributed by atoms with Crippen LogP contribution in [0.3, 0.4) is 0 Å². The molecular weight excluding hydrogens is 232 g/mol. The van der Waals surface area contributed by atoms with Gasteiger partial charge in [0.1, 0.15) is 11.5 Å². The molecule has 1 aromatic carbocycles. The number of aliphatic carboxylic acids is 1. The van der Waals surface area contributed by atoms with Crippen LogP contribution in [-0.4, -0.2) is 46.9 Å². The molecule has 0 fully saturated rings. The van der Waals surface area contributed by atoms with Gasteiger partial charge in [0.05, 0.1) is 6.54 Å². The lowest BCUT2D eigenvalue weighted by Gasteiger charge is -2.21. The fourth-order valence-electron chi connectivity index (χ4n) is 1.83. The molecule has 0 aliphatic carbocycles. The van der Waals surface area contributed by atoms with Crippen molar-refractivity contribution >= 4 is 17.4 Å². The molecule has 0 saturated carbocycles.